The lowest BCUT2D eigenvalue weighted by Gasteiger charge is -2.20. The fourth-order valence-corrected chi connectivity index (χ4v) is 3.81. The van der Waals surface area contributed by atoms with Crippen LogP contribution in [0.1, 0.15) is 50.2 Å². The van der Waals surface area contributed by atoms with Gasteiger partial charge in [-0.1, -0.05) is 36.4 Å². The zero-order valence-corrected chi connectivity index (χ0v) is 20.1. The molecule has 1 heterocycles. The predicted octanol–water partition coefficient (Wildman–Crippen LogP) is 5.80. The number of hydrogen-bond donors (Lipinski definition) is 1. The van der Waals surface area contributed by atoms with Crippen LogP contribution in [-0.4, -0.2) is 36.1 Å². The molecular weight excluding hydrogens is 408 g/mol. The average molecular weight is 443 g/mol. The highest BCUT2D eigenvalue weighted by atomic mass is 16.1. The van der Waals surface area contributed by atoms with Crippen LogP contribution >= 0.6 is 0 Å². The molecule has 0 saturated heterocycles. The fourth-order valence-electron chi connectivity index (χ4n) is 3.81. The molecule has 5 nitrogen and oxygen atoms in total. The van der Waals surface area contributed by atoms with Crippen LogP contribution in [0.25, 0.3) is 24.3 Å². The average Bonchev–Trinajstić information content (AvgIpc) is 2.84. The molecular formula is C28H34N4O. The van der Waals surface area contributed by atoms with E-state index in [-0.39, 0.29) is 5.69 Å². The van der Waals surface area contributed by atoms with Crippen molar-refractivity contribution in [3.05, 3.63) is 87.6 Å². The molecule has 5 heteroatoms. The number of rotatable bonds is 10. The second-order valence-corrected chi connectivity index (χ2v) is 7.76. The summed E-state index contributed by atoms with van der Waals surface area (Å²) in [7, 11) is 0. The predicted molar refractivity (Wildman–Crippen MR) is 143 cm³/mol. The van der Waals surface area contributed by atoms with Crippen LogP contribution in [0.4, 0.5) is 11.4 Å². The van der Waals surface area contributed by atoms with Gasteiger partial charge in [0.25, 0.3) is 0 Å². The molecule has 1 aromatic heterocycles. The van der Waals surface area contributed by atoms with Crippen molar-refractivity contribution < 1.29 is 0 Å². The van der Waals surface area contributed by atoms with Crippen molar-refractivity contribution in [1.29, 1.82) is 0 Å². The minimum atomic E-state index is -0.356. The van der Waals surface area contributed by atoms with E-state index in [0.29, 0.717) is 5.69 Å². The Morgan fingerprint density at radius 2 is 1.15 bits per heavy atom. The van der Waals surface area contributed by atoms with E-state index in [9.17, 15) is 4.79 Å². The molecule has 172 valence electrons. The van der Waals surface area contributed by atoms with Crippen LogP contribution in [0.2, 0.25) is 0 Å². The first-order valence-corrected chi connectivity index (χ1v) is 11.7. The Kier molecular flexibility index (Phi) is 8.64. The number of nitrogens with zero attached hydrogens (tertiary/aromatic N) is 3. The minimum absolute atomic E-state index is 0.356. The summed E-state index contributed by atoms with van der Waals surface area (Å²) in [4.78, 5) is 23.6. The topological polar surface area (TPSA) is 52.2 Å². The minimum Gasteiger partial charge on any atom is -0.372 e. The summed E-state index contributed by atoms with van der Waals surface area (Å²) in [5, 5.41) is 0. The maximum atomic E-state index is 12.1. The normalized spacial score (nSPS) is 11.4. The van der Waals surface area contributed by atoms with Gasteiger partial charge in [-0.15, -0.1) is 0 Å². The second kappa shape index (κ2) is 11.9. The SMILES string of the molecule is CCN(CC)c1ccc(/C=C/c2cc(/C=C/c3ccc(N(CC)CC)cc3)[nH]c(=O)n2)cc1. The van der Waals surface area contributed by atoms with Crippen molar-refractivity contribution in [2.45, 2.75) is 27.7 Å². The first kappa shape index (κ1) is 24.1. The van der Waals surface area contributed by atoms with Crippen molar-refractivity contribution in [2.24, 2.45) is 0 Å². The molecule has 1 N–H and O–H groups in total. The van der Waals surface area contributed by atoms with E-state index in [1.807, 2.05) is 30.4 Å². The van der Waals surface area contributed by atoms with Crippen molar-refractivity contribution in [3.8, 4) is 0 Å². The molecule has 0 saturated carbocycles. The van der Waals surface area contributed by atoms with E-state index in [0.717, 1.165) is 43.0 Å². The number of aromatic amines is 1. The third kappa shape index (κ3) is 6.69. The second-order valence-electron chi connectivity index (χ2n) is 7.76. The number of H-pyrrole nitrogens is 1. The Labute approximate surface area is 197 Å². The molecule has 3 aromatic rings. The van der Waals surface area contributed by atoms with Crippen molar-refractivity contribution in [3.63, 3.8) is 0 Å². The van der Waals surface area contributed by atoms with Gasteiger partial charge in [-0.25, -0.2) is 4.79 Å². The molecule has 0 atom stereocenters. The summed E-state index contributed by atoms with van der Waals surface area (Å²) >= 11 is 0. The number of nitrogens with one attached hydrogen (secondary N) is 1. The monoisotopic (exact) mass is 442 g/mol. The van der Waals surface area contributed by atoms with E-state index < -0.39 is 0 Å². The zero-order chi connectivity index (χ0) is 23.6. The van der Waals surface area contributed by atoms with E-state index in [1.165, 1.54) is 11.4 Å². The van der Waals surface area contributed by atoms with Gasteiger partial charge in [0.05, 0.1) is 5.69 Å². The molecule has 0 bridgehead atoms. The summed E-state index contributed by atoms with van der Waals surface area (Å²) in [6.45, 7) is 12.6. The van der Waals surface area contributed by atoms with E-state index in [4.69, 9.17) is 0 Å². The molecule has 0 unspecified atom stereocenters. The van der Waals surface area contributed by atoms with Gasteiger partial charge in [0.2, 0.25) is 0 Å². The summed E-state index contributed by atoms with van der Waals surface area (Å²) < 4.78 is 0. The molecule has 0 aliphatic heterocycles. The van der Waals surface area contributed by atoms with Gasteiger partial charge in [0, 0.05) is 43.2 Å². The van der Waals surface area contributed by atoms with Gasteiger partial charge in [-0.3, -0.25) is 0 Å². The van der Waals surface area contributed by atoms with Gasteiger partial charge < -0.3 is 14.8 Å². The largest absolute Gasteiger partial charge is 0.372 e. The van der Waals surface area contributed by atoms with Crippen LogP contribution in [-0.2, 0) is 0 Å². The standard InChI is InChI=1S/C28H34N4O/c1-5-31(6-2)26-17-11-22(12-18-26)9-15-24-21-25(30-28(33)29-24)16-10-23-13-19-27(20-14-23)32(7-3)8-4/h9-21H,5-8H2,1-4H3,(H,29,30,33)/b15-9+,16-10+. The Balaban J connectivity index is 1.72. The van der Waals surface area contributed by atoms with E-state index in [2.05, 4.69) is 96.0 Å². The number of anilines is 2. The summed E-state index contributed by atoms with van der Waals surface area (Å²) in [6, 6.07) is 18.7. The van der Waals surface area contributed by atoms with E-state index >= 15 is 0 Å². The summed E-state index contributed by atoms with van der Waals surface area (Å²) in [6.07, 6.45) is 7.76. The van der Waals surface area contributed by atoms with Crippen molar-refractivity contribution >= 4 is 35.7 Å². The van der Waals surface area contributed by atoms with Crippen LogP contribution < -0.4 is 15.5 Å². The Morgan fingerprint density at radius 1 is 0.697 bits per heavy atom. The number of benzene rings is 2. The number of aromatic nitrogens is 2. The lowest BCUT2D eigenvalue weighted by atomic mass is 10.1. The smallest absolute Gasteiger partial charge is 0.345 e. The Morgan fingerprint density at radius 3 is 1.61 bits per heavy atom. The first-order valence-electron chi connectivity index (χ1n) is 11.7. The first-order chi connectivity index (χ1) is 16.1. The van der Waals surface area contributed by atoms with Crippen molar-refractivity contribution in [1.82, 2.24) is 9.97 Å². The summed E-state index contributed by atoms with van der Waals surface area (Å²) in [5.41, 5.74) is 5.57. The van der Waals surface area contributed by atoms with Gasteiger partial charge >= 0.3 is 5.69 Å². The van der Waals surface area contributed by atoms with Crippen LogP contribution in [0.3, 0.4) is 0 Å². The molecule has 0 amide bonds. The van der Waals surface area contributed by atoms with Crippen molar-refractivity contribution in [2.75, 3.05) is 36.0 Å². The van der Waals surface area contributed by atoms with E-state index in [1.54, 1.807) is 0 Å². The van der Waals surface area contributed by atoms with Gasteiger partial charge in [0.15, 0.2) is 0 Å². The van der Waals surface area contributed by atoms with Gasteiger partial charge in [-0.05, 0) is 81.3 Å². The Hall–Kier alpha value is -3.60. The summed E-state index contributed by atoms with van der Waals surface area (Å²) in [5.74, 6) is 0. The molecule has 0 aliphatic carbocycles. The molecule has 3 rings (SSSR count). The van der Waals surface area contributed by atoms with Crippen LogP contribution in [0.5, 0.6) is 0 Å². The molecule has 2 aromatic carbocycles. The van der Waals surface area contributed by atoms with Gasteiger partial charge in [0.1, 0.15) is 0 Å². The molecule has 33 heavy (non-hydrogen) atoms. The van der Waals surface area contributed by atoms with Gasteiger partial charge in [-0.2, -0.15) is 4.98 Å². The number of hydrogen-bond acceptors (Lipinski definition) is 4. The highest BCUT2D eigenvalue weighted by molar-refractivity contribution is 5.72. The molecule has 0 radical (unpaired) electrons. The zero-order valence-electron chi connectivity index (χ0n) is 20.1. The highest BCUT2D eigenvalue weighted by Gasteiger charge is 2.02. The highest BCUT2D eigenvalue weighted by Crippen LogP contribution is 2.18. The van der Waals surface area contributed by atoms with Crippen LogP contribution in [0, 0.1) is 0 Å². The Bertz CT molecular complexity index is 1030. The maximum Gasteiger partial charge on any atom is 0.345 e. The molecule has 0 aliphatic rings. The lowest BCUT2D eigenvalue weighted by molar-refractivity contribution is 0.866. The third-order valence-electron chi connectivity index (χ3n) is 5.73. The molecule has 0 fully saturated rings. The quantitative estimate of drug-likeness (QED) is 0.431. The van der Waals surface area contributed by atoms with Crippen LogP contribution in [0.15, 0.2) is 59.4 Å². The fraction of sp³-hybridized carbons (Fsp3) is 0.286. The maximum absolute atomic E-state index is 12.1. The lowest BCUT2D eigenvalue weighted by Crippen LogP contribution is -2.21. The molecule has 0 spiro atoms. The third-order valence-corrected chi connectivity index (χ3v) is 5.73.